The minimum Gasteiger partial charge on any atom is -0.468 e. The minimum absolute atomic E-state index is 0.0491. The average Bonchev–Trinajstić information content (AvgIpc) is 2.54. The van der Waals surface area contributed by atoms with Crippen molar-refractivity contribution in [3.63, 3.8) is 0 Å². The van der Waals surface area contributed by atoms with Gasteiger partial charge in [0.15, 0.2) is 12.6 Å². The molecule has 0 bridgehead atoms. The summed E-state index contributed by atoms with van der Waals surface area (Å²) < 4.78 is 40.8. The highest BCUT2D eigenvalue weighted by Gasteiger charge is 2.28. The molecule has 0 saturated carbocycles. The second-order valence-corrected chi connectivity index (χ2v) is 5.35. The van der Waals surface area contributed by atoms with E-state index in [4.69, 9.17) is 0 Å². The largest absolute Gasteiger partial charge is 0.468 e. The van der Waals surface area contributed by atoms with Crippen molar-refractivity contribution in [1.82, 2.24) is 15.2 Å². The summed E-state index contributed by atoms with van der Waals surface area (Å²) in [7, 11) is 1.98. The standard InChI is InChI=1S/C16H25F3N4O/c1-4-6-9-23(3)15(20-5-2)22-11-13-7-8-14(21-10-13)24-12-16(17,18)19/h7-8,10H,4-6,9,11-12H2,1-3H3,(H,20,22). The molecule has 136 valence electrons. The minimum atomic E-state index is -4.37. The van der Waals surface area contributed by atoms with E-state index in [0.29, 0.717) is 6.54 Å². The molecule has 24 heavy (non-hydrogen) atoms. The lowest BCUT2D eigenvalue weighted by atomic mass is 10.3. The van der Waals surface area contributed by atoms with Crippen LogP contribution >= 0.6 is 0 Å². The Hall–Kier alpha value is -1.99. The lowest BCUT2D eigenvalue weighted by Crippen LogP contribution is -2.39. The third-order valence-corrected chi connectivity index (χ3v) is 3.14. The van der Waals surface area contributed by atoms with Crippen LogP contribution in [0.1, 0.15) is 32.3 Å². The van der Waals surface area contributed by atoms with Gasteiger partial charge in [-0.15, -0.1) is 0 Å². The number of hydrogen-bond donors (Lipinski definition) is 1. The molecular weight excluding hydrogens is 321 g/mol. The second-order valence-electron chi connectivity index (χ2n) is 5.35. The summed E-state index contributed by atoms with van der Waals surface area (Å²) in [6.45, 7) is 4.85. The van der Waals surface area contributed by atoms with Gasteiger partial charge in [0.05, 0.1) is 6.54 Å². The molecule has 5 nitrogen and oxygen atoms in total. The van der Waals surface area contributed by atoms with Gasteiger partial charge in [-0.25, -0.2) is 9.98 Å². The fourth-order valence-corrected chi connectivity index (χ4v) is 1.88. The zero-order valence-electron chi connectivity index (χ0n) is 14.4. The molecule has 8 heteroatoms. The van der Waals surface area contributed by atoms with Gasteiger partial charge in [0.25, 0.3) is 0 Å². The predicted octanol–water partition coefficient (Wildman–Crippen LogP) is 3.22. The summed E-state index contributed by atoms with van der Waals surface area (Å²) in [5, 5.41) is 3.22. The van der Waals surface area contributed by atoms with Crippen LogP contribution in [0.15, 0.2) is 23.3 Å². The molecule has 0 aliphatic heterocycles. The van der Waals surface area contributed by atoms with Gasteiger partial charge in [-0.3, -0.25) is 0 Å². The molecule has 0 atom stereocenters. The first-order valence-corrected chi connectivity index (χ1v) is 7.99. The summed E-state index contributed by atoms with van der Waals surface area (Å²) in [5.74, 6) is 0.746. The highest BCUT2D eigenvalue weighted by Crippen LogP contribution is 2.17. The molecule has 1 N–H and O–H groups in total. The number of nitrogens with zero attached hydrogens (tertiary/aromatic N) is 3. The summed E-state index contributed by atoms with van der Waals surface area (Å²) in [4.78, 5) is 10.5. The van der Waals surface area contributed by atoms with Gasteiger partial charge in [0, 0.05) is 32.4 Å². The summed E-state index contributed by atoms with van der Waals surface area (Å²) in [6.07, 6.45) is -0.708. The van der Waals surface area contributed by atoms with Crippen molar-refractivity contribution in [2.75, 3.05) is 26.7 Å². The van der Waals surface area contributed by atoms with E-state index < -0.39 is 12.8 Å². The molecule has 0 unspecified atom stereocenters. The van der Waals surface area contributed by atoms with Gasteiger partial charge in [0.1, 0.15) is 0 Å². The Morgan fingerprint density at radius 2 is 2.08 bits per heavy atom. The van der Waals surface area contributed by atoms with Gasteiger partial charge < -0.3 is 15.0 Å². The maximum atomic E-state index is 12.1. The van der Waals surface area contributed by atoms with Crippen LogP contribution in [0.5, 0.6) is 5.88 Å². The Kier molecular flexibility index (Phi) is 8.35. The van der Waals surface area contributed by atoms with Crippen molar-refractivity contribution in [2.24, 2.45) is 4.99 Å². The highest BCUT2D eigenvalue weighted by atomic mass is 19.4. The molecule has 0 aromatic carbocycles. The number of alkyl halides is 3. The summed E-state index contributed by atoms with van der Waals surface area (Å²) in [5.41, 5.74) is 0.800. The van der Waals surface area contributed by atoms with Crippen LogP contribution in [0, 0.1) is 0 Å². The molecule has 0 aliphatic rings. The monoisotopic (exact) mass is 346 g/mol. The van der Waals surface area contributed by atoms with Crippen molar-refractivity contribution in [3.05, 3.63) is 23.9 Å². The van der Waals surface area contributed by atoms with E-state index in [1.54, 1.807) is 6.07 Å². The number of halogens is 3. The van der Waals surface area contributed by atoms with Crippen molar-refractivity contribution < 1.29 is 17.9 Å². The Bertz CT molecular complexity index is 503. The molecular formula is C16H25F3N4O. The molecule has 1 heterocycles. The number of nitrogens with one attached hydrogen (secondary N) is 1. The SMILES string of the molecule is CCCCN(C)C(=NCc1ccc(OCC(F)(F)F)nc1)NCC. The van der Waals surface area contributed by atoms with Crippen molar-refractivity contribution >= 4 is 5.96 Å². The van der Waals surface area contributed by atoms with Crippen LogP contribution in [0.25, 0.3) is 0 Å². The molecule has 1 aromatic rings. The number of ether oxygens (including phenoxy) is 1. The molecule has 0 aliphatic carbocycles. The van der Waals surface area contributed by atoms with Crippen LogP contribution in [-0.4, -0.2) is 48.8 Å². The Morgan fingerprint density at radius 3 is 2.62 bits per heavy atom. The quantitative estimate of drug-likeness (QED) is 0.580. The van der Waals surface area contributed by atoms with Crippen LogP contribution < -0.4 is 10.1 Å². The molecule has 0 saturated heterocycles. The predicted molar refractivity (Wildman–Crippen MR) is 88.1 cm³/mol. The topological polar surface area (TPSA) is 49.8 Å². The van der Waals surface area contributed by atoms with Crippen molar-refractivity contribution in [3.8, 4) is 5.88 Å². The van der Waals surface area contributed by atoms with Crippen LogP contribution in [0.4, 0.5) is 13.2 Å². The Balaban J connectivity index is 2.62. The molecule has 0 amide bonds. The zero-order chi connectivity index (χ0) is 18.0. The van der Waals surface area contributed by atoms with Gasteiger partial charge in [-0.05, 0) is 18.9 Å². The molecule has 0 fully saturated rings. The number of pyridine rings is 1. The van der Waals surface area contributed by atoms with Crippen molar-refractivity contribution in [2.45, 2.75) is 39.4 Å². The lowest BCUT2D eigenvalue weighted by molar-refractivity contribution is -0.154. The number of rotatable bonds is 8. The highest BCUT2D eigenvalue weighted by molar-refractivity contribution is 5.79. The smallest absolute Gasteiger partial charge is 0.422 e. The zero-order valence-corrected chi connectivity index (χ0v) is 14.4. The van der Waals surface area contributed by atoms with E-state index in [9.17, 15) is 13.2 Å². The summed E-state index contributed by atoms with van der Waals surface area (Å²) in [6, 6.07) is 3.09. The number of hydrogen-bond acceptors (Lipinski definition) is 3. The molecule has 0 spiro atoms. The van der Waals surface area contributed by atoms with E-state index in [1.807, 2.05) is 14.0 Å². The van der Waals surface area contributed by atoms with Gasteiger partial charge >= 0.3 is 6.18 Å². The van der Waals surface area contributed by atoms with Crippen LogP contribution in [0.2, 0.25) is 0 Å². The van der Waals surface area contributed by atoms with E-state index >= 15 is 0 Å². The average molecular weight is 346 g/mol. The maximum absolute atomic E-state index is 12.1. The Morgan fingerprint density at radius 1 is 1.33 bits per heavy atom. The third kappa shape index (κ3) is 8.03. The lowest BCUT2D eigenvalue weighted by Gasteiger charge is -2.21. The number of aliphatic imine (C=N–C) groups is 1. The molecule has 1 rings (SSSR count). The van der Waals surface area contributed by atoms with Crippen LogP contribution in [0.3, 0.4) is 0 Å². The first kappa shape index (κ1) is 20.1. The van der Waals surface area contributed by atoms with E-state index in [0.717, 1.165) is 37.5 Å². The second kappa shape index (κ2) is 10.00. The molecule has 1 aromatic heterocycles. The first-order valence-electron chi connectivity index (χ1n) is 7.99. The van der Waals surface area contributed by atoms with Gasteiger partial charge in [-0.2, -0.15) is 13.2 Å². The fraction of sp³-hybridized carbons (Fsp3) is 0.625. The Labute approximate surface area is 140 Å². The van der Waals surface area contributed by atoms with Crippen molar-refractivity contribution in [1.29, 1.82) is 0 Å². The van der Waals surface area contributed by atoms with Gasteiger partial charge in [0.2, 0.25) is 5.88 Å². The van der Waals surface area contributed by atoms with E-state index in [-0.39, 0.29) is 5.88 Å². The van der Waals surface area contributed by atoms with Crippen LogP contribution in [-0.2, 0) is 6.54 Å². The maximum Gasteiger partial charge on any atom is 0.422 e. The fourth-order valence-electron chi connectivity index (χ4n) is 1.88. The number of aromatic nitrogens is 1. The van der Waals surface area contributed by atoms with E-state index in [2.05, 4.69) is 31.9 Å². The molecule has 0 radical (unpaired) electrons. The first-order chi connectivity index (χ1) is 11.4. The summed E-state index contributed by atoms with van der Waals surface area (Å²) >= 11 is 0. The number of guanidine groups is 1. The number of unbranched alkanes of at least 4 members (excludes halogenated alkanes) is 1. The normalized spacial score (nSPS) is 12.2. The van der Waals surface area contributed by atoms with E-state index in [1.165, 1.54) is 12.3 Å². The third-order valence-electron chi connectivity index (χ3n) is 3.14. The van der Waals surface area contributed by atoms with Gasteiger partial charge in [-0.1, -0.05) is 19.4 Å².